The zero-order chi connectivity index (χ0) is 10.7. The Kier molecular flexibility index (Phi) is 3.17. The van der Waals surface area contributed by atoms with Gasteiger partial charge in [0.1, 0.15) is 0 Å². The van der Waals surface area contributed by atoms with Gasteiger partial charge in [-0.25, -0.2) is 0 Å². The van der Waals surface area contributed by atoms with Crippen LogP contribution in [-0.4, -0.2) is 17.3 Å². The minimum absolute atomic E-state index is 0.311. The summed E-state index contributed by atoms with van der Waals surface area (Å²) in [7, 11) is 0. The highest BCUT2D eigenvalue weighted by Gasteiger charge is 2.20. The maximum atomic E-state index is 11.4. The standard InChI is InChI=1S/C10H13NO3/c1-7-4-3-5-9(8(7)2)10(12)6-11(13)14/h3,5,7H,4,6H2,1-2H3/t7-/m0/s1. The van der Waals surface area contributed by atoms with Gasteiger partial charge in [-0.15, -0.1) is 0 Å². The molecular formula is C10H13NO3. The molecule has 1 atom stereocenters. The van der Waals surface area contributed by atoms with Gasteiger partial charge in [-0.05, 0) is 19.3 Å². The van der Waals surface area contributed by atoms with Crippen LogP contribution in [0.25, 0.3) is 0 Å². The van der Waals surface area contributed by atoms with E-state index in [1.54, 1.807) is 6.08 Å². The predicted octanol–water partition coefficient (Wildman–Crippen LogP) is 1.74. The molecule has 0 unspecified atom stereocenters. The van der Waals surface area contributed by atoms with Crippen molar-refractivity contribution in [2.75, 3.05) is 6.54 Å². The average molecular weight is 195 g/mol. The maximum absolute atomic E-state index is 11.4. The molecule has 76 valence electrons. The van der Waals surface area contributed by atoms with Crippen LogP contribution in [0.2, 0.25) is 0 Å². The van der Waals surface area contributed by atoms with Crippen LogP contribution < -0.4 is 0 Å². The number of rotatable bonds is 3. The fraction of sp³-hybridized carbons (Fsp3) is 0.500. The highest BCUT2D eigenvalue weighted by Crippen LogP contribution is 2.24. The molecule has 1 aliphatic carbocycles. The SMILES string of the molecule is CC1=C(C(=O)C[N+](=O)[O-])C=CC[C@@H]1C. The fourth-order valence-electron chi connectivity index (χ4n) is 1.48. The third-order valence-corrected chi connectivity index (χ3v) is 2.51. The first-order valence-electron chi connectivity index (χ1n) is 4.54. The Morgan fingerprint density at radius 2 is 2.36 bits per heavy atom. The summed E-state index contributed by atoms with van der Waals surface area (Å²) in [6.45, 7) is 3.27. The molecule has 0 saturated carbocycles. The van der Waals surface area contributed by atoms with Crippen molar-refractivity contribution in [1.29, 1.82) is 0 Å². The predicted molar refractivity (Wildman–Crippen MR) is 52.5 cm³/mol. The fourth-order valence-corrected chi connectivity index (χ4v) is 1.48. The van der Waals surface area contributed by atoms with Crippen molar-refractivity contribution >= 4 is 5.78 Å². The number of allylic oxidation sites excluding steroid dienone is 3. The Bertz CT molecular complexity index is 328. The molecule has 4 heteroatoms. The van der Waals surface area contributed by atoms with Gasteiger partial charge in [0, 0.05) is 10.5 Å². The van der Waals surface area contributed by atoms with Crippen molar-refractivity contribution in [3.8, 4) is 0 Å². The summed E-state index contributed by atoms with van der Waals surface area (Å²) in [5, 5.41) is 10.2. The van der Waals surface area contributed by atoms with E-state index in [2.05, 4.69) is 0 Å². The molecule has 0 saturated heterocycles. The second-order valence-electron chi connectivity index (χ2n) is 3.55. The Morgan fingerprint density at radius 1 is 1.71 bits per heavy atom. The van der Waals surface area contributed by atoms with E-state index in [0.29, 0.717) is 11.5 Å². The van der Waals surface area contributed by atoms with E-state index >= 15 is 0 Å². The summed E-state index contributed by atoms with van der Waals surface area (Å²) in [6.07, 6.45) is 4.49. The number of carbonyl (C=O) groups is 1. The molecule has 0 spiro atoms. The van der Waals surface area contributed by atoms with E-state index < -0.39 is 17.3 Å². The number of nitro groups is 1. The minimum Gasteiger partial charge on any atom is -0.287 e. The lowest BCUT2D eigenvalue weighted by atomic mass is 9.88. The van der Waals surface area contributed by atoms with Crippen LogP contribution in [0, 0.1) is 16.0 Å². The number of hydrogen-bond donors (Lipinski definition) is 0. The van der Waals surface area contributed by atoms with Gasteiger partial charge < -0.3 is 0 Å². The first-order chi connectivity index (χ1) is 6.52. The van der Waals surface area contributed by atoms with Gasteiger partial charge in [0.25, 0.3) is 6.54 Å². The van der Waals surface area contributed by atoms with E-state index in [-0.39, 0.29) is 0 Å². The first kappa shape index (κ1) is 10.6. The second-order valence-corrected chi connectivity index (χ2v) is 3.55. The van der Waals surface area contributed by atoms with E-state index in [1.807, 2.05) is 19.9 Å². The topological polar surface area (TPSA) is 60.2 Å². The molecule has 0 aromatic heterocycles. The molecule has 1 rings (SSSR count). The first-order valence-corrected chi connectivity index (χ1v) is 4.54. The van der Waals surface area contributed by atoms with E-state index in [9.17, 15) is 14.9 Å². The van der Waals surface area contributed by atoms with Gasteiger partial charge in [-0.1, -0.05) is 24.6 Å². The third kappa shape index (κ3) is 2.28. The van der Waals surface area contributed by atoms with Gasteiger partial charge >= 0.3 is 0 Å². The van der Waals surface area contributed by atoms with Crippen molar-refractivity contribution in [3.63, 3.8) is 0 Å². The zero-order valence-electron chi connectivity index (χ0n) is 8.32. The molecule has 14 heavy (non-hydrogen) atoms. The van der Waals surface area contributed by atoms with Crippen LogP contribution in [0.3, 0.4) is 0 Å². The molecule has 0 heterocycles. The van der Waals surface area contributed by atoms with Crippen LogP contribution >= 0.6 is 0 Å². The van der Waals surface area contributed by atoms with Crippen LogP contribution in [0.15, 0.2) is 23.3 Å². The van der Waals surface area contributed by atoms with Crippen molar-refractivity contribution in [1.82, 2.24) is 0 Å². The van der Waals surface area contributed by atoms with Crippen molar-refractivity contribution < 1.29 is 9.72 Å². The van der Waals surface area contributed by atoms with Gasteiger partial charge in [0.15, 0.2) is 0 Å². The molecule has 0 aromatic rings. The molecule has 0 aliphatic heterocycles. The molecule has 0 aromatic carbocycles. The third-order valence-electron chi connectivity index (χ3n) is 2.51. The summed E-state index contributed by atoms with van der Waals surface area (Å²) >= 11 is 0. The number of hydrogen-bond acceptors (Lipinski definition) is 3. The van der Waals surface area contributed by atoms with Gasteiger partial charge in [0.05, 0.1) is 0 Å². The van der Waals surface area contributed by atoms with Crippen molar-refractivity contribution in [3.05, 3.63) is 33.4 Å². The lowest BCUT2D eigenvalue weighted by Crippen LogP contribution is -2.18. The number of nitrogens with zero attached hydrogens (tertiary/aromatic N) is 1. The van der Waals surface area contributed by atoms with Crippen molar-refractivity contribution in [2.45, 2.75) is 20.3 Å². The number of carbonyl (C=O) groups excluding carboxylic acids is 1. The molecule has 0 radical (unpaired) electrons. The molecular weight excluding hydrogens is 182 g/mol. The van der Waals surface area contributed by atoms with Crippen LogP contribution in [-0.2, 0) is 4.79 Å². The summed E-state index contributed by atoms with van der Waals surface area (Å²) in [4.78, 5) is 21.0. The van der Waals surface area contributed by atoms with Crippen LogP contribution in [0.1, 0.15) is 20.3 Å². The largest absolute Gasteiger partial charge is 0.287 e. The zero-order valence-corrected chi connectivity index (χ0v) is 8.32. The summed E-state index contributed by atoms with van der Waals surface area (Å²) in [5.74, 6) is -0.0824. The van der Waals surface area contributed by atoms with E-state index in [4.69, 9.17) is 0 Å². The Labute approximate surface area is 82.5 Å². The molecule has 0 bridgehead atoms. The molecule has 0 N–H and O–H groups in total. The summed E-state index contributed by atoms with van der Waals surface area (Å²) in [6, 6.07) is 0. The lowest BCUT2D eigenvalue weighted by molar-refractivity contribution is -0.466. The maximum Gasteiger partial charge on any atom is 0.265 e. The average Bonchev–Trinajstić information content (AvgIpc) is 2.08. The minimum atomic E-state index is -0.607. The summed E-state index contributed by atoms with van der Waals surface area (Å²) < 4.78 is 0. The van der Waals surface area contributed by atoms with Gasteiger partial charge in [0.2, 0.25) is 5.78 Å². The van der Waals surface area contributed by atoms with Gasteiger partial charge in [-0.2, -0.15) is 0 Å². The Hall–Kier alpha value is -1.45. The van der Waals surface area contributed by atoms with Gasteiger partial charge in [-0.3, -0.25) is 14.9 Å². The highest BCUT2D eigenvalue weighted by atomic mass is 16.6. The second kappa shape index (κ2) is 4.17. The monoisotopic (exact) mass is 195 g/mol. The van der Waals surface area contributed by atoms with Crippen LogP contribution in [0.5, 0.6) is 0 Å². The van der Waals surface area contributed by atoms with E-state index in [1.165, 1.54) is 0 Å². The number of ketones is 1. The molecule has 0 fully saturated rings. The number of Topliss-reactive ketones (excluding diaryl/α,β-unsaturated/α-hetero) is 1. The Morgan fingerprint density at radius 3 is 2.93 bits per heavy atom. The van der Waals surface area contributed by atoms with Crippen LogP contribution in [0.4, 0.5) is 0 Å². The quantitative estimate of drug-likeness (QED) is 0.509. The van der Waals surface area contributed by atoms with E-state index in [0.717, 1.165) is 12.0 Å². The normalized spacial score (nSPS) is 21.1. The molecule has 0 amide bonds. The van der Waals surface area contributed by atoms with Crippen molar-refractivity contribution in [2.24, 2.45) is 5.92 Å². The molecule has 4 nitrogen and oxygen atoms in total. The summed E-state index contributed by atoms with van der Waals surface area (Å²) in [5.41, 5.74) is 1.47. The highest BCUT2D eigenvalue weighted by molar-refractivity contribution is 5.99. The molecule has 1 aliphatic rings. The smallest absolute Gasteiger partial charge is 0.265 e. The lowest BCUT2D eigenvalue weighted by Gasteiger charge is -2.16. The Balaban J connectivity index is 2.85.